The SMILES string of the molecule is CCCCCCC(C)NC(=O)NC(C(=O)O)C(C)O. The van der Waals surface area contributed by atoms with Crippen molar-refractivity contribution < 1.29 is 19.8 Å². The second-order valence-corrected chi connectivity index (χ2v) is 4.92. The van der Waals surface area contributed by atoms with Gasteiger partial charge < -0.3 is 20.8 Å². The van der Waals surface area contributed by atoms with E-state index < -0.39 is 24.1 Å². The molecule has 0 radical (unpaired) electrons. The predicted octanol–water partition coefficient (Wildman–Crippen LogP) is 1.48. The zero-order valence-electron chi connectivity index (χ0n) is 12.0. The van der Waals surface area contributed by atoms with Crippen molar-refractivity contribution >= 4 is 12.0 Å². The molecule has 3 unspecified atom stereocenters. The molecule has 0 aromatic heterocycles. The van der Waals surface area contributed by atoms with Gasteiger partial charge in [0, 0.05) is 6.04 Å². The Morgan fingerprint density at radius 1 is 1.11 bits per heavy atom. The van der Waals surface area contributed by atoms with Crippen LogP contribution in [0.3, 0.4) is 0 Å². The summed E-state index contributed by atoms with van der Waals surface area (Å²) in [4.78, 5) is 22.4. The van der Waals surface area contributed by atoms with Crippen LogP contribution in [0.25, 0.3) is 0 Å². The number of carbonyl (C=O) groups is 2. The van der Waals surface area contributed by atoms with Gasteiger partial charge in [0.1, 0.15) is 0 Å². The molecular formula is C13H26N2O4. The highest BCUT2D eigenvalue weighted by atomic mass is 16.4. The number of urea groups is 1. The molecule has 0 aromatic carbocycles. The first-order valence-electron chi connectivity index (χ1n) is 6.86. The third-order valence-electron chi connectivity index (χ3n) is 2.90. The van der Waals surface area contributed by atoms with E-state index in [1.54, 1.807) is 0 Å². The summed E-state index contributed by atoms with van der Waals surface area (Å²) in [6.07, 6.45) is 4.24. The van der Waals surface area contributed by atoms with Crippen molar-refractivity contribution in [2.45, 2.75) is 71.1 Å². The molecule has 0 aliphatic carbocycles. The lowest BCUT2D eigenvalue weighted by molar-refractivity contribution is -0.141. The maximum absolute atomic E-state index is 11.6. The molecule has 2 amide bonds. The van der Waals surface area contributed by atoms with Crippen molar-refractivity contribution in [2.24, 2.45) is 0 Å². The highest BCUT2D eigenvalue weighted by Gasteiger charge is 2.25. The number of aliphatic hydroxyl groups is 1. The van der Waals surface area contributed by atoms with Gasteiger partial charge in [0.2, 0.25) is 0 Å². The van der Waals surface area contributed by atoms with Gasteiger partial charge >= 0.3 is 12.0 Å². The number of hydrogen-bond acceptors (Lipinski definition) is 3. The quantitative estimate of drug-likeness (QED) is 0.479. The summed E-state index contributed by atoms with van der Waals surface area (Å²) in [7, 11) is 0. The summed E-state index contributed by atoms with van der Waals surface area (Å²) < 4.78 is 0. The molecule has 0 aliphatic heterocycles. The maximum atomic E-state index is 11.6. The van der Waals surface area contributed by atoms with E-state index in [0.29, 0.717) is 0 Å². The van der Waals surface area contributed by atoms with Gasteiger partial charge in [-0.1, -0.05) is 32.6 Å². The number of amides is 2. The molecule has 0 aliphatic rings. The van der Waals surface area contributed by atoms with E-state index in [9.17, 15) is 14.7 Å². The van der Waals surface area contributed by atoms with Crippen molar-refractivity contribution in [1.29, 1.82) is 0 Å². The monoisotopic (exact) mass is 274 g/mol. The Balaban J connectivity index is 3.98. The van der Waals surface area contributed by atoms with Gasteiger partial charge in [-0.15, -0.1) is 0 Å². The molecule has 0 spiro atoms. The molecule has 0 saturated carbocycles. The zero-order chi connectivity index (χ0) is 14.8. The third-order valence-corrected chi connectivity index (χ3v) is 2.90. The second kappa shape index (κ2) is 9.61. The molecule has 0 heterocycles. The topological polar surface area (TPSA) is 98.7 Å². The van der Waals surface area contributed by atoms with Crippen LogP contribution < -0.4 is 10.6 Å². The number of carboxylic acids is 1. The van der Waals surface area contributed by atoms with Crippen molar-refractivity contribution in [3.63, 3.8) is 0 Å². The average molecular weight is 274 g/mol. The summed E-state index contributed by atoms with van der Waals surface area (Å²) >= 11 is 0. The second-order valence-electron chi connectivity index (χ2n) is 4.92. The number of rotatable bonds is 9. The fourth-order valence-corrected chi connectivity index (χ4v) is 1.74. The minimum absolute atomic E-state index is 0.0136. The Bertz CT molecular complexity index is 282. The highest BCUT2D eigenvalue weighted by Crippen LogP contribution is 2.05. The van der Waals surface area contributed by atoms with E-state index in [0.717, 1.165) is 25.7 Å². The predicted molar refractivity (Wildman–Crippen MR) is 73.0 cm³/mol. The number of nitrogens with one attached hydrogen (secondary N) is 2. The Kier molecular flexibility index (Phi) is 8.95. The van der Waals surface area contributed by atoms with E-state index >= 15 is 0 Å². The fraction of sp³-hybridized carbons (Fsp3) is 0.846. The van der Waals surface area contributed by atoms with Crippen molar-refractivity contribution in [3.8, 4) is 0 Å². The summed E-state index contributed by atoms with van der Waals surface area (Å²) in [5, 5.41) is 23.0. The van der Waals surface area contributed by atoms with Crippen LogP contribution in [-0.2, 0) is 4.79 Å². The Morgan fingerprint density at radius 3 is 2.21 bits per heavy atom. The molecule has 3 atom stereocenters. The lowest BCUT2D eigenvalue weighted by Crippen LogP contribution is -2.52. The minimum Gasteiger partial charge on any atom is -0.480 e. The molecule has 0 aromatic rings. The van der Waals surface area contributed by atoms with Crippen molar-refractivity contribution in [3.05, 3.63) is 0 Å². The van der Waals surface area contributed by atoms with E-state index in [1.165, 1.54) is 13.3 Å². The number of aliphatic carboxylic acids is 1. The Labute approximate surface area is 114 Å². The molecule has 0 bridgehead atoms. The van der Waals surface area contributed by atoms with Crippen LogP contribution in [0.4, 0.5) is 4.79 Å². The number of carboxylic acid groups (broad SMARTS) is 1. The lowest BCUT2D eigenvalue weighted by Gasteiger charge is -2.20. The van der Waals surface area contributed by atoms with Gasteiger partial charge in [0.15, 0.2) is 6.04 Å². The van der Waals surface area contributed by atoms with Crippen molar-refractivity contribution in [2.75, 3.05) is 0 Å². The van der Waals surface area contributed by atoms with E-state index in [-0.39, 0.29) is 6.04 Å². The number of hydrogen-bond donors (Lipinski definition) is 4. The molecule has 4 N–H and O–H groups in total. The van der Waals surface area contributed by atoms with Crippen LogP contribution in [-0.4, -0.2) is 40.4 Å². The van der Waals surface area contributed by atoms with Gasteiger partial charge in [-0.2, -0.15) is 0 Å². The largest absolute Gasteiger partial charge is 0.480 e. The average Bonchev–Trinajstić information content (AvgIpc) is 2.31. The smallest absolute Gasteiger partial charge is 0.328 e. The maximum Gasteiger partial charge on any atom is 0.328 e. The first-order valence-corrected chi connectivity index (χ1v) is 6.86. The standard InChI is InChI=1S/C13H26N2O4/c1-4-5-6-7-8-9(2)14-13(19)15-11(10(3)16)12(17)18/h9-11,16H,4-8H2,1-3H3,(H,17,18)(H2,14,15,19). The van der Waals surface area contributed by atoms with Gasteiger partial charge in [-0.3, -0.25) is 0 Å². The van der Waals surface area contributed by atoms with Gasteiger partial charge in [-0.05, 0) is 20.3 Å². The first-order chi connectivity index (χ1) is 8.88. The molecular weight excluding hydrogens is 248 g/mol. The Morgan fingerprint density at radius 2 is 1.74 bits per heavy atom. The minimum atomic E-state index is -1.28. The summed E-state index contributed by atoms with van der Waals surface area (Å²) in [6, 6.07) is -1.86. The van der Waals surface area contributed by atoms with Crippen molar-refractivity contribution in [1.82, 2.24) is 10.6 Å². The van der Waals surface area contributed by atoms with Crippen LogP contribution in [0.15, 0.2) is 0 Å². The number of unbranched alkanes of at least 4 members (excludes halogenated alkanes) is 3. The first kappa shape index (κ1) is 17.7. The van der Waals surface area contributed by atoms with E-state index in [4.69, 9.17) is 5.11 Å². The molecule has 0 rings (SSSR count). The van der Waals surface area contributed by atoms with E-state index in [1.807, 2.05) is 6.92 Å². The van der Waals surface area contributed by atoms with E-state index in [2.05, 4.69) is 17.6 Å². The molecule has 6 nitrogen and oxygen atoms in total. The molecule has 6 heteroatoms. The molecule has 0 saturated heterocycles. The highest BCUT2D eigenvalue weighted by molar-refractivity contribution is 5.83. The van der Waals surface area contributed by atoms with Crippen LogP contribution in [0, 0.1) is 0 Å². The van der Waals surface area contributed by atoms with Crippen LogP contribution >= 0.6 is 0 Å². The molecule has 112 valence electrons. The number of aliphatic hydroxyl groups excluding tert-OH is 1. The van der Waals surface area contributed by atoms with Gasteiger partial charge in [0.05, 0.1) is 6.10 Å². The number of carbonyl (C=O) groups excluding carboxylic acids is 1. The van der Waals surface area contributed by atoms with Gasteiger partial charge in [-0.25, -0.2) is 9.59 Å². The summed E-state index contributed by atoms with van der Waals surface area (Å²) in [6.45, 7) is 5.34. The van der Waals surface area contributed by atoms with Crippen LogP contribution in [0.5, 0.6) is 0 Å². The van der Waals surface area contributed by atoms with Crippen LogP contribution in [0.2, 0.25) is 0 Å². The third kappa shape index (κ3) is 8.42. The molecule has 0 fully saturated rings. The van der Waals surface area contributed by atoms with Gasteiger partial charge in [0.25, 0.3) is 0 Å². The summed E-state index contributed by atoms with van der Waals surface area (Å²) in [5.41, 5.74) is 0. The summed E-state index contributed by atoms with van der Waals surface area (Å²) in [5.74, 6) is -1.25. The normalized spacial score (nSPS) is 15.4. The fourth-order valence-electron chi connectivity index (χ4n) is 1.74. The molecule has 19 heavy (non-hydrogen) atoms. The zero-order valence-corrected chi connectivity index (χ0v) is 12.0. The lowest BCUT2D eigenvalue weighted by atomic mass is 10.1. The Hall–Kier alpha value is -1.30. The van der Waals surface area contributed by atoms with Crippen LogP contribution in [0.1, 0.15) is 52.9 Å².